The fraction of sp³-hybridized carbons (Fsp3) is 0.222. The van der Waals surface area contributed by atoms with E-state index < -0.39 is 0 Å². The minimum atomic E-state index is 0.609. The van der Waals surface area contributed by atoms with Crippen LogP contribution in [-0.2, 0) is 0 Å². The quantitative estimate of drug-likeness (QED) is 0.537. The van der Waals surface area contributed by atoms with Crippen molar-refractivity contribution in [1.29, 1.82) is 0 Å². The van der Waals surface area contributed by atoms with E-state index in [9.17, 15) is 0 Å². The van der Waals surface area contributed by atoms with Crippen molar-refractivity contribution in [3.05, 3.63) is 57.6 Å². The summed E-state index contributed by atoms with van der Waals surface area (Å²) < 4.78 is 10.7. The Kier molecular flexibility index (Phi) is 6.23. The molecule has 0 saturated heterocycles. The zero-order chi connectivity index (χ0) is 17.7. The standard InChI is InChI=1S/C18H18Cl2N2O2/c1-11(15-9-13(19)5-7-17(15)23-3)21-22-12(2)16-10-14(20)6-8-18(16)24-4/h5-10H,1-4H3. The molecule has 0 spiro atoms. The van der Waals surface area contributed by atoms with E-state index in [0.29, 0.717) is 33.0 Å². The van der Waals surface area contributed by atoms with Gasteiger partial charge in [-0.2, -0.15) is 10.2 Å². The second-order valence-corrected chi connectivity index (χ2v) is 5.93. The molecule has 0 unspecified atom stereocenters. The summed E-state index contributed by atoms with van der Waals surface area (Å²) in [4.78, 5) is 0. The lowest BCUT2D eigenvalue weighted by Gasteiger charge is -2.09. The maximum Gasteiger partial charge on any atom is 0.128 e. The predicted molar refractivity (Wildman–Crippen MR) is 100 cm³/mol. The van der Waals surface area contributed by atoms with Gasteiger partial charge in [0.25, 0.3) is 0 Å². The van der Waals surface area contributed by atoms with Gasteiger partial charge in [-0.3, -0.25) is 0 Å². The summed E-state index contributed by atoms with van der Waals surface area (Å²) in [7, 11) is 3.21. The first-order valence-corrected chi connectivity index (χ1v) is 7.98. The molecule has 2 aromatic carbocycles. The predicted octanol–water partition coefficient (Wildman–Crippen LogP) is 5.24. The molecular formula is C18H18Cl2N2O2. The van der Waals surface area contributed by atoms with E-state index in [4.69, 9.17) is 32.7 Å². The number of hydrogen-bond acceptors (Lipinski definition) is 4. The molecule has 0 aliphatic carbocycles. The van der Waals surface area contributed by atoms with Crippen LogP contribution in [0.2, 0.25) is 10.0 Å². The summed E-state index contributed by atoms with van der Waals surface area (Å²) in [6.07, 6.45) is 0. The highest BCUT2D eigenvalue weighted by molar-refractivity contribution is 6.31. The highest BCUT2D eigenvalue weighted by Gasteiger charge is 2.09. The van der Waals surface area contributed by atoms with Gasteiger partial charge in [-0.1, -0.05) is 23.2 Å². The van der Waals surface area contributed by atoms with Crippen LogP contribution in [0.4, 0.5) is 0 Å². The monoisotopic (exact) mass is 364 g/mol. The molecule has 0 aromatic heterocycles. The van der Waals surface area contributed by atoms with Gasteiger partial charge in [0.05, 0.1) is 25.6 Å². The summed E-state index contributed by atoms with van der Waals surface area (Å²) in [5.41, 5.74) is 2.96. The maximum atomic E-state index is 6.06. The molecule has 0 fully saturated rings. The number of nitrogens with zero attached hydrogens (tertiary/aromatic N) is 2. The van der Waals surface area contributed by atoms with Crippen LogP contribution in [0.25, 0.3) is 0 Å². The molecule has 0 saturated carbocycles. The topological polar surface area (TPSA) is 43.2 Å². The summed E-state index contributed by atoms with van der Waals surface area (Å²) in [5.74, 6) is 1.38. The molecule has 2 rings (SSSR count). The first-order chi connectivity index (χ1) is 11.5. The van der Waals surface area contributed by atoms with Gasteiger partial charge in [0.2, 0.25) is 0 Å². The first kappa shape index (κ1) is 18.3. The van der Waals surface area contributed by atoms with Crippen LogP contribution in [-0.4, -0.2) is 25.6 Å². The number of ether oxygens (including phenoxy) is 2. The smallest absolute Gasteiger partial charge is 0.128 e. The van der Waals surface area contributed by atoms with Gasteiger partial charge in [0, 0.05) is 21.2 Å². The van der Waals surface area contributed by atoms with E-state index in [1.165, 1.54) is 0 Å². The van der Waals surface area contributed by atoms with Crippen LogP contribution < -0.4 is 9.47 Å². The van der Waals surface area contributed by atoms with Crippen LogP contribution in [0.5, 0.6) is 11.5 Å². The average molecular weight is 365 g/mol. The lowest BCUT2D eigenvalue weighted by molar-refractivity contribution is 0.413. The molecule has 0 heterocycles. The number of hydrogen-bond donors (Lipinski definition) is 0. The minimum absolute atomic E-state index is 0.609. The molecule has 2 aromatic rings. The van der Waals surface area contributed by atoms with E-state index in [2.05, 4.69) is 10.2 Å². The van der Waals surface area contributed by atoms with E-state index in [-0.39, 0.29) is 0 Å². The number of methoxy groups -OCH3 is 2. The van der Waals surface area contributed by atoms with Crippen LogP contribution in [0.3, 0.4) is 0 Å². The molecule has 6 heteroatoms. The molecule has 0 amide bonds. The molecule has 24 heavy (non-hydrogen) atoms. The summed E-state index contributed by atoms with van der Waals surface area (Å²) in [6, 6.07) is 10.7. The van der Waals surface area contributed by atoms with Crippen molar-refractivity contribution in [3.8, 4) is 11.5 Å². The number of rotatable bonds is 5. The minimum Gasteiger partial charge on any atom is -0.496 e. The molecule has 0 aliphatic heterocycles. The lowest BCUT2D eigenvalue weighted by Crippen LogP contribution is -2.01. The highest BCUT2D eigenvalue weighted by atomic mass is 35.5. The second-order valence-electron chi connectivity index (χ2n) is 5.06. The molecule has 0 bridgehead atoms. The van der Waals surface area contributed by atoms with Crippen molar-refractivity contribution in [3.63, 3.8) is 0 Å². The Morgan fingerprint density at radius 3 is 1.46 bits per heavy atom. The molecule has 0 atom stereocenters. The molecule has 4 nitrogen and oxygen atoms in total. The van der Waals surface area contributed by atoms with Crippen molar-refractivity contribution in [1.82, 2.24) is 0 Å². The zero-order valence-corrected chi connectivity index (χ0v) is 15.4. The van der Waals surface area contributed by atoms with Crippen molar-refractivity contribution < 1.29 is 9.47 Å². The third-order valence-corrected chi connectivity index (χ3v) is 3.92. The Bertz CT molecular complexity index is 734. The Morgan fingerprint density at radius 1 is 0.750 bits per heavy atom. The van der Waals surface area contributed by atoms with Gasteiger partial charge in [-0.15, -0.1) is 0 Å². The molecular weight excluding hydrogens is 347 g/mol. The van der Waals surface area contributed by atoms with Crippen LogP contribution in [0.15, 0.2) is 46.6 Å². The third-order valence-electron chi connectivity index (χ3n) is 3.45. The Balaban J connectivity index is 2.40. The van der Waals surface area contributed by atoms with Crippen molar-refractivity contribution >= 4 is 34.6 Å². The molecule has 0 aliphatic rings. The Morgan fingerprint density at radius 2 is 1.12 bits per heavy atom. The Hall–Kier alpha value is -2.04. The second kappa shape index (κ2) is 8.18. The van der Waals surface area contributed by atoms with Crippen LogP contribution in [0, 0.1) is 0 Å². The number of halogens is 2. The SMILES string of the molecule is COc1ccc(Cl)cc1C(C)=NN=C(C)c1cc(Cl)ccc1OC. The van der Waals surface area contributed by atoms with Gasteiger partial charge in [0.15, 0.2) is 0 Å². The first-order valence-electron chi connectivity index (χ1n) is 7.23. The van der Waals surface area contributed by atoms with Crippen LogP contribution >= 0.6 is 23.2 Å². The van der Waals surface area contributed by atoms with E-state index >= 15 is 0 Å². The normalized spacial score (nSPS) is 12.2. The highest BCUT2D eigenvalue weighted by Crippen LogP contribution is 2.25. The molecule has 0 N–H and O–H groups in total. The van der Waals surface area contributed by atoms with Gasteiger partial charge < -0.3 is 9.47 Å². The third kappa shape index (κ3) is 4.28. The number of benzene rings is 2. The zero-order valence-electron chi connectivity index (χ0n) is 13.9. The fourth-order valence-electron chi connectivity index (χ4n) is 2.18. The van der Waals surface area contributed by atoms with Crippen molar-refractivity contribution in [2.75, 3.05) is 14.2 Å². The summed E-state index contributed by atoms with van der Waals surface area (Å²) >= 11 is 12.1. The maximum absolute atomic E-state index is 6.06. The summed E-state index contributed by atoms with van der Waals surface area (Å²) in [6.45, 7) is 3.69. The van der Waals surface area contributed by atoms with Gasteiger partial charge in [-0.05, 0) is 50.2 Å². The van der Waals surface area contributed by atoms with Crippen LogP contribution in [0.1, 0.15) is 25.0 Å². The average Bonchev–Trinajstić information content (AvgIpc) is 2.59. The lowest BCUT2D eigenvalue weighted by atomic mass is 10.1. The van der Waals surface area contributed by atoms with Gasteiger partial charge in [-0.25, -0.2) is 0 Å². The largest absolute Gasteiger partial charge is 0.496 e. The molecule has 0 radical (unpaired) electrons. The Labute approximate surface area is 151 Å². The van der Waals surface area contributed by atoms with Crippen molar-refractivity contribution in [2.45, 2.75) is 13.8 Å². The van der Waals surface area contributed by atoms with E-state index in [1.807, 2.05) is 13.8 Å². The van der Waals surface area contributed by atoms with Gasteiger partial charge >= 0.3 is 0 Å². The summed E-state index contributed by atoms with van der Waals surface area (Å²) in [5, 5.41) is 9.80. The molecule has 126 valence electrons. The van der Waals surface area contributed by atoms with E-state index in [1.54, 1.807) is 50.6 Å². The van der Waals surface area contributed by atoms with Crippen molar-refractivity contribution in [2.24, 2.45) is 10.2 Å². The fourth-order valence-corrected chi connectivity index (χ4v) is 2.53. The van der Waals surface area contributed by atoms with E-state index in [0.717, 1.165) is 11.1 Å². The van der Waals surface area contributed by atoms with Gasteiger partial charge in [0.1, 0.15) is 11.5 Å².